The number of hydrogen-bond acceptors (Lipinski definition) is 3. The average Bonchev–Trinajstić information content (AvgIpc) is 2.98. The maximum atomic E-state index is 12.0. The fourth-order valence-electron chi connectivity index (χ4n) is 2.21. The van der Waals surface area contributed by atoms with Crippen LogP contribution in [-0.2, 0) is 4.79 Å². The minimum atomic E-state index is -0.233. The predicted molar refractivity (Wildman–Crippen MR) is 89.6 cm³/mol. The molecule has 1 aromatic heterocycles. The van der Waals surface area contributed by atoms with E-state index in [1.54, 1.807) is 24.3 Å². The number of nitrogens with zero attached hydrogens (tertiary/aromatic N) is 1. The molecule has 2 N–H and O–H groups in total. The number of hydrogen-bond donors (Lipinski definition) is 2. The number of imidazole rings is 1. The highest BCUT2D eigenvalue weighted by molar-refractivity contribution is 6.30. The van der Waals surface area contributed by atoms with Crippen LogP contribution in [0.5, 0.6) is 5.75 Å². The number of ether oxygens (including phenoxy) is 1. The molecule has 0 unspecified atom stereocenters. The molecule has 0 spiro atoms. The molecule has 0 aliphatic heterocycles. The molecule has 3 aromatic rings. The summed E-state index contributed by atoms with van der Waals surface area (Å²) in [7, 11) is 0. The number of fused-ring (bicyclic) bond motifs is 1. The van der Waals surface area contributed by atoms with Crippen molar-refractivity contribution in [1.82, 2.24) is 15.3 Å². The molecular formula is C17H16ClN3O2. The number of carbonyl (C=O) groups excluding carboxylic acids is 1. The summed E-state index contributed by atoms with van der Waals surface area (Å²) in [5, 5.41) is 3.48. The van der Waals surface area contributed by atoms with Crippen LogP contribution in [0.1, 0.15) is 18.8 Å². The van der Waals surface area contributed by atoms with Gasteiger partial charge in [0, 0.05) is 5.02 Å². The third-order valence-corrected chi connectivity index (χ3v) is 3.63. The Kier molecular flexibility index (Phi) is 4.48. The summed E-state index contributed by atoms with van der Waals surface area (Å²) in [5.74, 6) is 1.10. The van der Waals surface area contributed by atoms with Crippen LogP contribution in [0, 0.1) is 0 Å². The molecule has 5 nitrogen and oxygen atoms in total. The fraction of sp³-hybridized carbons (Fsp3) is 0.176. The lowest BCUT2D eigenvalue weighted by Crippen LogP contribution is -2.31. The number of amides is 1. The lowest BCUT2D eigenvalue weighted by atomic mass is 10.3. The number of aromatic nitrogens is 2. The highest BCUT2D eigenvalue weighted by Gasteiger charge is 2.13. The summed E-state index contributed by atoms with van der Waals surface area (Å²) in [6.07, 6.45) is 0. The molecule has 3 rings (SSSR count). The lowest BCUT2D eigenvalue weighted by molar-refractivity contribution is -0.123. The Balaban J connectivity index is 1.57. The number of para-hydroxylation sites is 2. The van der Waals surface area contributed by atoms with Gasteiger partial charge in [0.25, 0.3) is 5.91 Å². The van der Waals surface area contributed by atoms with Crippen molar-refractivity contribution in [3.05, 3.63) is 59.4 Å². The smallest absolute Gasteiger partial charge is 0.258 e. The number of nitrogens with one attached hydrogen (secondary N) is 2. The Morgan fingerprint density at radius 2 is 2.00 bits per heavy atom. The van der Waals surface area contributed by atoms with E-state index >= 15 is 0 Å². The van der Waals surface area contributed by atoms with Gasteiger partial charge in [-0.25, -0.2) is 4.98 Å². The SMILES string of the molecule is C[C@H](NC(=O)COc1ccc(Cl)cc1)c1nc2ccccc2[nH]1. The highest BCUT2D eigenvalue weighted by atomic mass is 35.5. The first-order chi connectivity index (χ1) is 11.1. The summed E-state index contributed by atoms with van der Waals surface area (Å²) in [4.78, 5) is 19.6. The van der Waals surface area contributed by atoms with Crippen molar-refractivity contribution < 1.29 is 9.53 Å². The van der Waals surface area contributed by atoms with Gasteiger partial charge >= 0.3 is 0 Å². The standard InChI is InChI=1S/C17H16ClN3O2/c1-11(17-20-14-4-2-3-5-15(14)21-17)19-16(22)10-23-13-8-6-12(18)7-9-13/h2-9,11H,10H2,1H3,(H,19,22)(H,20,21)/t11-/m0/s1. The van der Waals surface area contributed by atoms with E-state index in [2.05, 4.69) is 15.3 Å². The van der Waals surface area contributed by atoms with E-state index < -0.39 is 0 Å². The maximum Gasteiger partial charge on any atom is 0.258 e. The molecule has 0 radical (unpaired) electrons. The zero-order valence-corrected chi connectivity index (χ0v) is 13.3. The normalized spacial score (nSPS) is 12.1. The summed E-state index contributed by atoms with van der Waals surface area (Å²) >= 11 is 5.80. The fourth-order valence-corrected chi connectivity index (χ4v) is 2.33. The lowest BCUT2D eigenvalue weighted by Gasteiger charge is -2.12. The molecule has 0 saturated carbocycles. The molecule has 23 heavy (non-hydrogen) atoms. The maximum absolute atomic E-state index is 12.0. The third kappa shape index (κ3) is 3.81. The Morgan fingerprint density at radius 3 is 2.74 bits per heavy atom. The van der Waals surface area contributed by atoms with Crippen molar-refractivity contribution >= 4 is 28.5 Å². The number of benzene rings is 2. The van der Waals surface area contributed by atoms with Crippen molar-refractivity contribution in [3.63, 3.8) is 0 Å². The van der Waals surface area contributed by atoms with E-state index in [1.165, 1.54) is 0 Å². The number of rotatable bonds is 5. The minimum Gasteiger partial charge on any atom is -0.484 e. The van der Waals surface area contributed by atoms with Gasteiger partial charge < -0.3 is 15.0 Å². The van der Waals surface area contributed by atoms with E-state index in [4.69, 9.17) is 16.3 Å². The van der Waals surface area contributed by atoms with E-state index in [-0.39, 0.29) is 18.6 Å². The van der Waals surface area contributed by atoms with Crippen LogP contribution in [0.3, 0.4) is 0 Å². The van der Waals surface area contributed by atoms with Crippen LogP contribution in [0.2, 0.25) is 5.02 Å². The quantitative estimate of drug-likeness (QED) is 0.753. The third-order valence-electron chi connectivity index (χ3n) is 3.38. The average molecular weight is 330 g/mol. The van der Waals surface area contributed by atoms with Crippen molar-refractivity contribution in [2.75, 3.05) is 6.61 Å². The monoisotopic (exact) mass is 329 g/mol. The van der Waals surface area contributed by atoms with Crippen molar-refractivity contribution in [1.29, 1.82) is 0 Å². The van der Waals surface area contributed by atoms with Crippen LogP contribution >= 0.6 is 11.6 Å². The Labute approximate surface area is 138 Å². The first-order valence-corrected chi connectivity index (χ1v) is 7.62. The summed E-state index contributed by atoms with van der Waals surface area (Å²) in [6, 6.07) is 14.4. The highest BCUT2D eigenvalue weighted by Crippen LogP contribution is 2.16. The van der Waals surface area contributed by atoms with E-state index in [0.717, 1.165) is 11.0 Å². The Bertz CT molecular complexity index is 781. The largest absolute Gasteiger partial charge is 0.484 e. The number of aromatic amines is 1. The Morgan fingerprint density at radius 1 is 1.26 bits per heavy atom. The zero-order chi connectivity index (χ0) is 16.2. The van der Waals surface area contributed by atoms with Crippen LogP contribution in [0.15, 0.2) is 48.5 Å². The molecule has 1 heterocycles. The van der Waals surface area contributed by atoms with Gasteiger partial charge in [-0.1, -0.05) is 23.7 Å². The number of halogens is 1. The van der Waals surface area contributed by atoms with Crippen molar-refractivity contribution in [2.45, 2.75) is 13.0 Å². The van der Waals surface area contributed by atoms with Gasteiger partial charge in [-0.3, -0.25) is 4.79 Å². The molecule has 0 aliphatic carbocycles. The second-order valence-electron chi connectivity index (χ2n) is 5.17. The van der Waals surface area contributed by atoms with Crippen molar-refractivity contribution in [3.8, 4) is 5.75 Å². The van der Waals surface area contributed by atoms with Crippen LogP contribution < -0.4 is 10.1 Å². The van der Waals surface area contributed by atoms with Gasteiger partial charge in [-0.05, 0) is 43.3 Å². The minimum absolute atomic E-state index is 0.0633. The van der Waals surface area contributed by atoms with Crippen LogP contribution in [0.25, 0.3) is 11.0 Å². The molecule has 6 heteroatoms. The van der Waals surface area contributed by atoms with Crippen molar-refractivity contribution in [2.24, 2.45) is 0 Å². The van der Waals surface area contributed by atoms with Crippen LogP contribution in [-0.4, -0.2) is 22.5 Å². The molecule has 0 saturated heterocycles. The van der Waals surface area contributed by atoms with E-state index in [0.29, 0.717) is 16.6 Å². The summed E-state index contributed by atoms with van der Waals surface area (Å²) < 4.78 is 5.42. The molecular weight excluding hydrogens is 314 g/mol. The Hall–Kier alpha value is -2.53. The molecule has 1 amide bonds. The molecule has 1 atom stereocenters. The van der Waals surface area contributed by atoms with Crippen LogP contribution in [0.4, 0.5) is 0 Å². The molecule has 0 bridgehead atoms. The van der Waals surface area contributed by atoms with E-state index in [9.17, 15) is 4.79 Å². The topological polar surface area (TPSA) is 67.0 Å². The molecule has 118 valence electrons. The first kappa shape index (κ1) is 15.4. The molecule has 0 aliphatic rings. The summed E-state index contributed by atoms with van der Waals surface area (Å²) in [5.41, 5.74) is 1.82. The second-order valence-corrected chi connectivity index (χ2v) is 5.61. The first-order valence-electron chi connectivity index (χ1n) is 7.24. The van der Waals surface area contributed by atoms with Gasteiger partial charge in [0.15, 0.2) is 6.61 Å². The number of carbonyl (C=O) groups is 1. The molecule has 0 fully saturated rings. The second kappa shape index (κ2) is 6.71. The van der Waals surface area contributed by atoms with Gasteiger partial charge in [0.1, 0.15) is 11.6 Å². The van der Waals surface area contributed by atoms with Gasteiger partial charge in [0.05, 0.1) is 17.1 Å². The summed E-state index contributed by atoms with van der Waals surface area (Å²) in [6.45, 7) is 1.81. The zero-order valence-electron chi connectivity index (χ0n) is 12.5. The number of H-pyrrole nitrogens is 1. The predicted octanol–water partition coefficient (Wildman–Crippen LogP) is 3.47. The van der Waals surface area contributed by atoms with Gasteiger partial charge in [-0.15, -0.1) is 0 Å². The van der Waals surface area contributed by atoms with E-state index in [1.807, 2.05) is 31.2 Å². The van der Waals surface area contributed by atoms with Gasteiger partial charge in [-0.2, -0.15) is 0 Å². The van der Waals surface area contributed by atoms with Gasteiger partial charge in [0.2, 0.25) is 0 Å². The molecule has 2 aromatic carbocycles.